The number of esters is 1. The number of hydrogen-bond acceptors (Lipinski definition) is 4. The number of primary amides is 1. The number of nitrogens with two attached hydrogens (primary N) is 1. The lowest BCUT2D eigenvalue weighted by atomic mass is 10.2. The fourth-order valence-corrected chi connectivity index (χ4v) is 1.41. The normalized spacial score (nSPS) is 23.1. The second-order valence-electron chi connectivity index (χ2n) is 3.71. The maximum Gasteiger partial charge on any atom is 0.377 e. The van der Waals surface area contributed by atoms with Gasteiger partial charge >= 0.3 is 11.9 Å². The monoisotopic (exact) mass is 236 g/mol. The Hall–Kier alpha value is -1.24. The lowest BCUT2D eigenvalue weighted by Gasteiger charge is -2.09. The highest BCUT2D eigenvalue weighted by molar-refractivity contribution is 5.79. The van der Waals surface area contributed by atoms with Crippen LogP contribution in [0.15, 0.2) is 0 Å². The van der Waals surface area contributed by atoms with E-state index in [1.54, 1.807) is 0 Å². The standard InChI is InChI=1S/C9H14F2N2O3/c10-9(11)4-6(16-8(9)15)5-13-3-1-2-7(12)14/h6,13H,1-5H2,(H2,12,14). The summed E-state index contributed by atoms with van der Waals surface area (Å²) in [6, 6.07) is 0. The highest BCUT2D eigenvalue weighted by Crippen LogP contribution is 2.30. The Morgan fingerprint density at radius 3 is 2.81 bits per heavy atom. The molecule has 0 aromatic heterocycles. The molecule has 7 heteroatoms. The minimum absolute atomic E-state index is 0.167. The fraction of sp³-hybridized carbons (Fsp3) is 0.778. The van der Waals surface area contributed by atoms with Crippen LogP contribution in [0.25, 0.3) is 0 Å². The molecule has 0 aromatic rings. The number of carbonyl (C=O) groups is 2. The molecule has 0 bridgehead atoms. The number of carbonyl (C=O) groups excluding carboxylic acids is 2. The van der Waals surface area contributed by atoms with E-state index in [9.17, 15) is 18.4 Å². The first kappa shape index (κ1) is 12.8. The number of halogens is 2. The van der Waals surface area contributed by atoms with Crippen molar-refractivity contribution < 1.29 is 23.1 Å². The van der Waals surface area contributed by atoms with Gasteiger partial charge in [0.1, 0.15) is 6.10 Å². The second-order valence-corrected chi connectivity index (χ2v) is 3.71. The maximum absolute atomic E-state index is 12.7. The van der Waals surface area contributed by atoms with E-state index in [1.165, 1.54) is 0 Å². The van der Waals surface area contributed by atoms with Gasteiger partial charge < -0.3 is 15.8 Å². The van der Waals surface area contributed by atoms with E-state index < -0.39 is 30.3 Å². The number of cyclic esters (lactones) is 1. The molecule has 16 heavy (non-hydrogen) atoms. The van der Waals surface area contributed by atoms with Gasteiger partial charge in [0, 0.05) is 13.0 Å². The summed E-state index contributed by atoms with van der Waals surface area (Å²) in [6.45, 7) is 0.642. The Balaban J connectivity index is 2.11. The number of rotatable bonds is 6. The summed E-state index contributed by atoms with van der Waals surface area (Å²) >= 11 is 0. The van der Waals surface area contributed by atoms with E-state index in [0.29, 0.717) is 13.0 Å². The summed E-state index contributed by atoms with van der Waals surface area (Å²) in [4.78, 5) is 21.0. The van der Waals surface area contributed by atoms with Crippen molar-refractivity contribution in [3.63, 3.8) is 0 Å². The van der Waals surface area contributed by atoms with Crippen molar-refractivity contribution in [1.29, 1.82) is 0 Å². The first-order valence-electron chi connectivity index (χ1n) is 5.00. The summed E-state index contributed by atoms with van der Waals surface area (Å²) in [5.74, 6) is -5.23. The van der Waals surface area contributed by atoms with Crippen LogP contribution in [0, 0.1) is 0 Å². The van der Waals surface area contributed by atoms with E-state index in [1.807, 2.05) is 0 Å². The smallest absolute Gasteiger partial charge is 0.377 e. The van der Waals surface area contributed by atoms with Crippen LogP contribution >= 0.6 is 0 Å². The van der Waals surface area contributed by atoms with Gasteiger partial charge in [-0.25, -0.2) is 4.79 Å². The number of ether oxygens (including phenoxy) is 1. The lowest BCUT2D eigenvalue weighted by Crippen LogP contribution is -2.28. The van der Waals surface area contributed by atoms with Gasteiger partial charge in [0.2, 0.25) is 5.91 Å². The van der Waals surface area contributed by atoms with E-state index in [4.69, 9.17) is 5.73 Å². The second kappa shape index (κ2) is 5.20. The number of alkyl halides is 2. The topological polar surface area (TPSA) is 81.4 Å². The molecule has 0 saturated carbocycles. The molecule has 3 N–H and O–H groups in total. The van der Waals surface area contributed by atoms with Crippen LogP contribution in [-0.4, -0.2) is 37.0 Å². The van der Waals surface area contributed by atoms with Crippen LogP contribution in [-0.2, 0) is 14.3 Å². The summed E-state index contributed by atoms with van der Waals surface area (Å²) in [6.07, 6.45) is -0.606. The van der Waals surface area contributed by atoms with E-state index >= 15 is 0 Å². The molecular formula is C9H14F2N2O3. The van der Waals surface area contributed by atoms with Crippen molar-refractivity contribution in [2.45, 2.75) is 31.3 Å². The molecule has 1 amide bonds. The zero-order valence-electron chi connectivity index (χ0n) is 8.67. The predicted octanol–water partition coefficient (Wildman–Crippen LogP) is -0.208. The van der Waals surface area contributed by atoms with Crippen LogP contribution in [0.4, 0.5) is 8.78 Å². The zero-order chi connectivity index (χ0) is 12.2. The molecule has 1 aliphatic heterocycles. The van der Waals surface area contributed by atoms with E-state index in [2.05, 4.69) is 10.1 Å². The molecule has 1 fully saturated rings. The minimum Gasteiger partial charge on any atom is -0.456 e. The largest absolute Gasteiger partial charge is 0.456 e. The third-order valence-electron chi connectivity index (χ3n) is 2.21. The van der Waals surface area contributed by atoms with Crippen LogP contribution in [0.1, 0.15) is 19.3 Å². The average molecular weight is 236 g/mol. The Labute approximate surface area is 91.3 Å². The van der Waals surface area contributed by atoms with Crippen molar-refractivity contribution in [3.05, 3.63) is 0 Å². The summed E-state index contributed by atoms with van der Waals surface area (Å²) in [5.41, 5.74) is 4.92. The first-order chi connectivity index (χ1) is 7.42. The number of hydrogen-bond donors (Lipinski definition) is 2. The van der Waals surface area contributed by atoms with Crippen molar-refractivity contribution >= 4 is 11.9 Å². The predicted molar refractivity (Wildman–Crippen MR) is 50.7 cm³/mol. The lowest BCUT2D eigenvalue weighted by molar-refractivity contribution is -0.159. The van der Waals surface area contributed by atoms with Crippen LogP contribution < -0.4 is 11.1 Å². The molecule has 0 spiro atoms. The third-order valence-corrected chi connectivity index (χ3v) is 2.21. The minimum atomic E-state index is -3.36. The zero-order valence-corrected chi connectivity index (χ0v) is 8.67. The molecule has 1 rings (SSSR count). The van der Waals surface area contributed by atoms with Crippen molar-refractivity contribution in [2.24, 2.45) is 5.73 Å². The maximum atomic E-state index is 12.7. The third kappa shape index (κ3) is 3.73. The van der Waals surface area contributed by atoms with Gasteiger partial charge in [-0.1, -0.05) is 0 Å². The van der Waals surface area contributed by atoms with Gasteiger partial charge in [0.05, 0.1) is 6.42 Å². The fourth-order valence-electron chi connectivity index (χ4n) is 1.41. The van der Waals surface area contributed by atoms with E-state index in [0.717, 1.165) is 0 Å². The Morgan fingerprint density at radius 2 is 2.31 bits per heavy atom. The molecule has 1 aliphatic rings. The van der Waals surface area contributed by atoms with Crippen LogP contribution in [0.3, 0.4) is 0 Å². The Morgan fingerprint density at radius 1 is 1.62 bits per heavy atom. The van der Waals surface area contributed by atoms with Crippen LogP contribution in [0.2, 0.25) is 0 Å². The molecule has 1 heterocycles. The summed E-state index contributed by atoms with van der Waals surface area (Å²) < 4.78 is 29.9. The molecule has 1 atom stereocenters. The van der Waals surface area contributed by atoms with Crippen LogP contribution in [0.5, 0.6) is 0 Å². The summed E-state index contributed by atoms with van der Waals surface area (Å²) in [7, 11) is 0. The highest BCUT2D eigenvalue weighted by atomic mass is 19.3. The molecular weight excluding hydrogens is 222 g/mol. The molecule has 5 nitrogen and oxygen atoms in total. The number of nitrogens with one attached hydrogen (secondary N) is 1. The van der Waals surface area contributed by atoms with Gasteiger partial charge in [-0.05, 0) is 13.0 Å². The van der Waals surface area contributed by atoms with Gasteiger partial charge in [0.15, 0.2) is 0 Å². The molecule has 92 valence electrons. The van der Waals surface area contributed by atoms with Crippen molar-refractivity contribution in [1.82, 2.24) is 5.32 Å². The number of amides is 1. The van der Waals surface area contributed by atoms with Gasteiger partial charge in [0.25, 0.3) is 0 Å². The molecule has 0 aliphatic carbocycles. The highest BCUT2D eigenvalue weighted by Gasteiger charge is 2.50. The Kier molecular flexibility index (Phi) is 4.17. The summed E-state index contributed by atoms with van der Waals surface area (Å²) in [5, 5.41) is 2.82. The molecule has 1 saturated heterocycles. The molecule has 0 aromatic carbocycles. The average Bonchev–Trinajstić information content (AvgIpc) is 2.39. The SMILES string of the molecule is NC(=O)CCCNCC1CC(F)(F)C(=O)O1. The molecule has 0 radical (unpaired) electrons. The van der Waals surface area contributed by atoms with Crippen molar-refractivity contribution in [2.75, 3.05) is 13.1 Å². The van der Waals surface area contributed by atoms with Gasteiger partial charge in [-0.15, -0.1) is 0 Å². The quantitative estimate of drug-likeness (QED) is 0.494. The Bertz CT molecular complexity index is 284. The van der Waals surface area contributed by atoms with Gasteiger partial charge in [-0.3, -0.25) is 4.79 Å². The van der Waals surface area contributed by atoms with Crippen molar-refractivity contribution in [3.8, 4) is 0 Å². The van der Waals surface area contributed by atoms with E-state index in [-0.39, 0.29) is 13.0 Å². The molecule has 1 unspecified atom stereocenters. The first-order valence-corrected chi connectivity index (χ1v) is 5.00. The van der Waals surface area contributed by atoms with Gasteiger partial charge in [-0.2, -0.15) is 8.78 Å².